The van der Waals surface area contributed by atoms with Gasteiger partial charge in [-0.25, -0.2) is 0 Å². The summed E-state index contributed by atoms with van der Waals surface area (Å²) in [5.41, 5.74) is 1.46. The molecule has 2 atom stereocenters. The first-order valence-electron chi connectivity index (χ1n) is 8.45. The van der Waals surface area contributed by atoms with Gasteiger partial charge in [-0.3, -0.25) is 4.79 Å². The van der Waals surface area contributed by atoms with Crippen LogP contribution in [0.25, 0.3) is 0 Å². The summed E-state index contributed by atoms with van der Waals surface area (Å²) in [5, 5.41) is 12.5. The Morgan fingerprint density at radius 2 is 1.95 bits per heavy atom. The van der Waals surface area contributed by atoms with Gasteiger partial charge in [0.1, 0.15) is 0 Å². The first-order chi connectivity index (χ1) is 10.7. The average molecular weight is 302 g/mol. The van der Waals surface area contributed by atoms with Crippen molar-refractivity contribution in [2.24, 2.45) is 5.92 Å². The predicted octanol–water partition coefficient (Wildman–Crippen LogP) is 2.32. The largest absolute Gasteiger partial charge is 0.481 e. The van der Waals surface area contributed by atoms with Crippen molar-refractivity contribution in [3.63, 3.8) is 0 Å². The third-order valence-electron chi connectivity index (χ3n) is 5.04. The predicted molar refractivity (Wildman–Crippen MR) is 87.0 cm³/mol. The van der Waals surface area contributed by atoms with E-state index in [2.05, 4.69) is 40.5 Å². The molecular weight excluding hydrogens is 276 g/mol. The second kappa shape index (κ2) is 7.25. The van der Waals surface area contributed by atoms with Crippen molar-refractivity contribution < 1.29 is 9.90 Å². The van der Waals surface area contributed by atoms with Crippen molar-refractivity contribution in [1.82, 2.24) is 10.2 Å². The van der Waals surface area contributed by atoms with Crippen LogP contribution in [-0.2, 0) is 4.79 Å². The van der Waals surface area contributed by atoms with Gasteiger partial charge in [0, 0.05) is 18.5 Å². The summed E-state index contributed by atoms with van der Waals surface area (Å²) in [7, 11) is 0. The Kier molecular flexibility index (Phi) is 5.11. The molecule has 22 heavy (non-hydrogen) atoms. The summed E-state index contributed by atoms with van der Waals surface area (Å²) < 4.78 is 0. The van der Waals surface area contributed by atoms with Gasteiger partial charge in [-0.05, 0) is 50.4 Å². The van der Waals surface area contributed by atoms with E-state index in [-0.39, 0.29) is 6.42 Å². The van der Waals surface area contributed by atoms with Crippen molar-refractivity contribution in [1.29, 1.82) is 0 Å². The first kappa shape index (κ1) is 15.5. The lowest BCUT2D eigenvalue weighted by atomic mass is 9.96. The van der Waals surface area contributed by atoms with E-state index in [4.69, 9.17) is 5.11 Å². The minimum atomic E-state index is -0.690. The first-order valence-corrected chi connectivity index (χ1v) is 8.45. The molecule has 0 bridgehead atoms. The quantitative estimate of drug-likeness (QED) is 0.811. The van der Waals surface area contributed by atoms with Gasteiger partial charge in [0.15, 0.2) is 0 Å². The molecule has 1 saturated carbocycles. The highest BCUT2D eigenvalue weighted by molar-refractivity contribution is 5.66. The maximum absolute atomic E-state index is 10.6. The third kappa shape index (κ3) is 4.31. The van der Waals surface area contributed by atoms with Gasteiger partial charge in [-0.15, -0.1) is 0 Å². The van der Waals surface area contributed by atoms with Gasteiger partial charge in [-0.1, -0.05) is 30.3 Å². The number of carboxylic acids is 1. The van der Waals surface area contributed by atoms with Crippen molar-refractivity contribution in [3.05, 3.63) is 35.9 Å². The molecule has 0 aromatic heterocycles. The maximum Gasteiger partial charge on any atom is 0.304 e. The summed E-state index contributed by atoms with van der Waals surface area (Å²) in [6.45, 7) is 3.91. The summed E-state index contributed by atoms with van der Waals surface area (Å²) in [6.07, 6.45) is 3.91. The maximum atomic E-state index is 10.6. The van der Waals surface area contributed by atoms with Gasteiger partial charge in [0.05, 0.1) is 6.42 Å². The Hall–Kier alpha value is -1.39. The summed E-state index contributed by atoms with van der Waals surface area (Å²) in [6, 6.07) is 11.4. The lowest BCUT2D eigenvalue weighted by Crippen LogP contribution is -2.38. The number of benzene rings is 1. The number of carboxylic acid groups (broad SMARTS) is 1. The number of likely N-dealkylation sites (tertiary alicyclic amines) is 1. The van der Waals surface area contributed by atoms with Crippen molar-refractivity contribution >= 4 is 5.97 Å². The molecule has 1 aliphatic carbocycles. The van der Waals surface area contributed by atoms with Crippen molar-refractivity contribution in [2.45, 2.75) is 37.6 Å². The number of piperidine rings is 1. The topological polar surface area (TPSA) is 52.6 Å². The molecule has 2 aliphatic rings. The Morgan fingerprint density at radius 3 is 2.64 bits per heavy atom. The van der Waals surface area contributed by atoms with E-state index in [1.165, 1.54) is 24.8 Å². The number of hydrogen-bond donors (Lipinski definition) is 2. The standard InChI is InChI=1S/C18H26N2O2/c21-18(22)8-11-20-9-6-14(7-10-20)13-19-17-12-16(17)15-4-2-1-3-5-15/h1-5,14,16-17,19H,6-13H2,(H,21,22). The van der Waals surface area contributed by atoms with Gasteiger partial charge in [-0.2, -0.15) is 0 Å². The highest BCUT2D eigenvalue weighted by Crippen LogP contribution is 2.40. The van der Waals surface area contributed by atoms with Crippen LogP contribution in [0.4, 0.5) is 0 Å². The number of nitrogens with one attached hydrogen (secondary N) is 1. The zero-order valence-corrected chi connectivity index (χ0v) is 13.1. The molecule has 4 nitrogen and oxygen atoms in total. The molecule has 2 N–H and O–H groups in total. The molecule has 2 fully saturated rings. The minimum Gasteiger partial charge on any atom is -0.481 e. The molecule has 120 valence electrons. The molecule has 1 aromatic carbocycles. The summed E-state index contributed by atoms with van der Waals surface area (Å²) in [4.78, 5) is 12.9. The fourth-order valence-electron chi connectivity index (χ4n) is 3.48. The number of carbonyl (C=O) groups is 1. The second-order valence-corrected chi connectivity index (χ2v) is 6.70. The van der Waals surface area contributed by atoms with Crippen LogP contribution in [0.5, 0.6) is 0 Å². The molecule has 0 radical (unpaired) electrons. The zero-order chi connectivity index (χ0) is 15.4. The highest BCUT2D eigenvalue weighted by Gasteiger charge is 2.38. The van der Waals surface area contributed by atoms with E-state index in [1.807, 2.05) is 0 Å². The number of rotatable bonds is 7. The van der Waals surface area contributed by atoms with E-state index in [0.717, 1.165) is 25.6 Å². The Bertz CT molecular complexity index is 483. The van der Waals surface area contributed by atoms with E-state index >= 15 is 0 Å². The van der Waals surface area contributed by atoms with Crippen LogP contribution in [0.15, 0.2) is 30.3 Å². The van der Waals surface area contributed by atoms with Crippen molar-refractivity contribution in [2.75, 3.05) is 26.2 Å². The Balaban J connectivity index is 1.32. The molecule has 1 aromatic rings. The molecule has 1 heterocycles. The van der Waals surface area contributed by atoms with Crippen LogP contribution in [0.1, 0.15) is 37.2 Å². The normalized spacial score (nSPS) is 26.0. The van der Waals surface area contributed by atoms with Crippen molar-refractivity contribution in [3.8, 4) is 0 Å². The van der Waals surface area contributed by atoms with Gasteiger partial charge < -0.3 is 15.3 Å². The van der Waals surface area contributed by atoms with Gasteiger partial charge >= 0.3 is 5.97 Å². The lowest BCUT2D eigenvalue weighted by Gasteiger charge is -2.31. The average Bonchev–Trinajstić information content (AvgIpc) is 3.32. The molecule has 0 amide bonds. The smallest absolute Gasteiger partial charge is 0.304 e. The lowest BCUT2D eigenvalue weighted by molar-refractivity contribution is -0.137. The van der Waals surface area contributed by atoms with Gasteiger partial charge in [0.2, 0.25) is 0 Å². The fourth-order valence-corrected chi connectivity index (χ4v) is 3.48. The molecular formula is C18H26N2O2. The van der Waals surface area contributed by atoms with E-state index in [1.54, 1.807) is 0 Å². The molecule has 4 heteroatoms. The molecule has 1 aliphatic heterocycles. The fraction of sp³-hybridized carbons (Fsp3) is 0.611. The third-order valence-corrected chi connectivity index (χ3v) is 5.04. The van der Waals surface area contributed by atoms with Gasteiger partial charge in [0.25, 0.3) is 0 Å². The summed E-state index contributed by atoms with van der Waals surface area (Å²) >= 11 is 0. The van der Waals surface area contributed by atoms with E-state index in [9.17, 15) is 4.79 Å². The van der Waals surface area contributed by atoms with Crippen LogP contribution in [0.3, 0.4) is 0 Å². The Labute approximate surface area is 132 Å². The van der Waals surface area contributed by atoms with E-state index in [0.29, 0.717) is 18.5 Å². The molecule has 2 unspecified atom stereocenters. The monoisotopic (exact) mass is 302 g/mol. The Morgan fingerprint density at radius 1 is 1.23 bits per heavy atom. The minimum absolute atomic E-state index is 0.268. The molecule has 0 spiro atoms. The second-order valence-electron chi connectivity index (χ2n) is 6.70. The molecule has 3 rings (SSSR count). The van der Waals surface area contributed by atoms with Crippen LogP contribution in [0, 0.1) is 5.92 Å². The zero-order valence-electron chi connectivity index (χ0n) is 13.1. The highest BCUT2D eigenvalue weighted by atomic mass is 16.4. The van der Waals surface area contributed by atoms with Crippen LogP contribution in [-0.4, -0.2) is 48.2 Å². The molecule has 1 saturated heterocycles. The van der Waals surface area contributed by atoms with Crippen LogP contribution >= 0.6 is 0 Å². The number of aliphatic carboxylic acids is 1. The van der Waals surface area contributed by atoms with E-state index < -0.39 is 5.97 Å². The summed E-state index contributed by atoms with van der Waals surface area (Å²) in [5.74, 6) is 0.763. The van der Waals surface area contributed by atoms with Crippen LogP contribution < -0.4 is 5.32 Å². The SMILES string of the molecule is O=C(O)CCN1CCC(CNC2CC2c2ccccc2)CC1. The number of nitrogens with zero attached hydrogens (tertiary/aromatic N) is 1. The number of hydrogen-bond acceptors (Lipinski definition) is 3. The van der Waals surface area contributed by atoms with Crippen LogP contribution in [0.2, 0.25) is 0 Å².